The zero-order chi connectivity index (χ0) is 20.2. The molecule has 0 unspecified atom stereocenters. The van der Waals surface area contributed by atoms with Crippen molar-refractivity contribution in [3.8, 4) is 11.5 Å². The van der Waals surface area contributed by atoms with Gasteiger partial charge in [-0.25, -0.2) is 4.98 Å². The number of rotatable bonds is 7. The SMILES string of the molecule is Cc1cccc(OCCn2c(COc3ccccc3Cl)nc3ccccc32)c1C. The summed E-state index contributed by atoms with van der Waals surface area (Å²) in [6, 6.07) is 21.7. The minimum atomic E-state index is 0.335. The van der Waals surface area contributed by atoms with E-state index in [1.165, 1.54) is 11.1 Å². The lowest BCUT2D eigenvalue weighted by atomic mass is 10.1. The molecule has 5 heteroatoms. The van der Waals surface area contributed by atoms with Gasteiger partial charge in [0.1, 0.15) is 30.5 Å². The first-order valence-corrected chi connectivity index (χ1v) is 10.0. The van der Waals surface area contributed by atoms with Gasteiger partial charge in [-0.2, -0.15) is 0 Å². The summed E-state index contributed by atoms with van der Waals surface area (Å²) in [4.78, 5) is 4.75. The molecule has 1 heterocycles. The second-order valence-corrected chi connectivity index (χ2v) is 7.34. The number of imidazole rings is 1. The molecule has 0 saturated carbocycles. The number of fused-ring (bicyclic) bond motifs is 1. The van der Waals surface area contributed by atoms with Crippen LogP contribution in [0.2, 0.25) is 5.02 Å². The predicted octanol–water partition coefficient (Wildman–Crippen LogP) is 5.96. The van der Waals surface area contributed by atoms with Gasteiger partial charge in [0.25, 0.3) is 0 Å². The van der Waals surface area contributed by atoms with E-state index in [9.17, 15) is 0 Å². The van der Waals surface area contributed by atoms with Crippen molar-refractivity contribution in [2.24, 2.45) is 0 Å². The Kier molecular flexibility index (Phi) is 5.72. The number of hydrogen-bond donors (Lipinski definition) is 0. The van der Waals surface area contributed by atoms with Crippen LogP contribution >= 0.6 is 11.6 Å². The highest BCUT2D eigenvalue weighted by Gasteiger charge is 2.12. The second kappa shape index (κ2) is 8.58. The van der Waals surface area contributed by atoms with Gasteiger partial charge in [-0.15, -0.1) is 0 Å². The Morgan fingerprint density at radius 2 is 1.62 bits per heavy atom. The van der Waals surface area contributed by atoms with Gasteiger partial charge in [0.05, 0.1) is 22.6 Å². The summed E-state index contributed by atoms with van der Waals surface area (Å²) >= 11 is 6.22. The fourth-order valence-electron chi connectivity index (χ4n) is 3.32. The number of nitrogens with zero attached hydrogens (tertiary/aromatic N) is 2. The van der Waals surface area contributed by atoms with E-state index in [1.54, 1.807) is 0 Å². The van der Waals surface area contributed by atoms with Crippen molar-refractivity contribution >= 4 is 22.6 Å². The Labute approximate surface area is 175 Å². The summed E-state index contributed by atoms with van der Waals surface area (Å²) < 4.78 is 14.2. The van der Waals surface area contributed by atoms with Crippen molar-refractivity contribution in [3.63, 3.8) is 0 Å². The molecular formula is C24H23ClN2O2. The highest BCUT2D eigenvalue weighted by molar-refractivity contribution is 6.32. The van der Waals surface area contributed by atoms with E-state index >= 15 is 0 Å². The molecule has 0 saturated heterocycles. The largest absolute Gasteiger partial charge is 0.491 e. The molecular weight excluding hydrogens is 384 g/mol. The molecule has 4 aromatic rings. The number of aryl methyl sites for hydroxylation is 1. The summed E-state index contributed by atoms with van der Waals surface area (Å²) in [6.07, 6.45) is 0. The Balaban J connectivity index is 1.53. The Bertz CT molecular complexity index is 1140. The van der Waals surface area contributed by atoms with Crippen molar-refractivity contribution < 1.29 is 9.47 Å². The molecule has 0 N–H and O–H groups in total. The average Bonchev–Trinajstić information content (AvgIpc) is 3.08. The Hall–Kier alpha value is -2.98. The molecule has 29 heavy (non-hydrogen) atoms. The van der Waals surface area contributed by atoms with Crippen molar-refractivity contribution in [1.82, 2.24) is 9.55 Å². The van der Waals surface area contributed by atoms with Crippen molar-refractivity contribution in [3.05, 3.63) is 88.7 Å². The highest BCUT2D eigenvalue weighted by Crippen LogP contribution is 2.25. The van der Waals surface area contributed by atoms with E-state index < -0.39 is 0 Å². The van der Waals surface area contributed by atoms with Crippen molar-refractivity contribution in [1.29, 1.82) is 0 Å². The lowest BCUT2D eigenvalue weighted by Crippen LogP contribution is -2.13. The topological polar surface area (TPSA) is 36.3 Å². The summed E-state index contributed by atoms with van der Waals surface area (Å²) in [5.74, 6) is 2.42. The molecule has 0 atom stereocenters. The summed E-state index contributed by atoms with van der Waals surface area (Å²) in [7, 11) is 0. The lowest BCUT2D eigenvalue weighted by Gasteiger charge is -2.14. The fraction of sp³-hybridized carbons (Fsp3) is 0.208. The third kappa shape index (κ3) is 4.22. The first kappa shape index (κ1) is 19.3. The molecule has 0 fully saturated rings. The van der Waals surface area contributed by atoms with Gasteiger partial charge in [0.2, 0.25) is 0 Å². The first-order valence-electron chi connectivity index (χ1n) is 9.64. The third-order valence-electron chi connectivity index (χ3n) is 5.05. The van der Waals surface area contributed by atoms with Crippen LogP contribution in [0, 0.1) is 13.8 Å². The second-order valence-electron chi connectivity index (χ2n) is 6.93. The smallest absolute Gasteiger partial charge is 0.148 e. The minimum Gasteiger partial charge on any atom is -0.491 e. The normalized spacial score (nSPS) is 11.0. The summed E-state index contributed by atoms with van der Waals surface area (Å²) in [5.41, 5.74) is 4.40. The van der Waals surface area contributed by atoms with E-state index in [0.29, 0.717) is 30.5 Å². The molecule has 4 rings (SSSR count). The summed E-state index contributed by atoms with van der Waals surface area (Å²) in [5, 5.41) is 0.591. The van der Waals surface area contributed by atoms with E-state index in [4.69, 9.17) is 26.1 Å². The van der Waals surface area contributed by atoms with Crippen LogP contribution in [0.3, 0.4) is 0 Å². The number of para-hydroxylation sites is 3. The maximum absolute atomic E-state index is 6.22. The van der Waals surface area contributed by atoms with E-state index in [2.05, 4.69) is 30.5 Å². The molecule has 148 valence electrons. The first-order chi connectivity index (χ1) is 14.1. The van der Waals surface area contributed by atoms with Crippen LogP contribution in [0.4, 0.5) is 0 Å². The van der Waals surface area contributed by atoms with Gasteiger partial charge in [0, 0.05) is 0 Å². The highest BCUT2D eigenvalue weighted by atomic mass is 35.5. The minimum absolute atomic E-state index is 0.335. The standard InChI is InChI=1S/C24H23ClN2O2/c1-17-8-7-13-22(18(17)2)28-15-14-27-21-11-5-4-10-20(21)26-24(27)16-29-23-12-6-3-9-19(23)25/h3-13H,14-16H2,1-2H3. The maximum atomic E-state index is 6.22. The lowest BCUT2D eigenvalue weighted by molar-refractivity contribution is 0.271. The van der Waals surface area contributed by atoms with Gasteiger partial charge in [-0.1, -0.05) is 48.0 Å². The molecule has 0 radical (unpaired) electrons. The predicted molar refractivity (Wildman–Crippen MR) is 117 cm³/mol. The summed E-state index contributed by atoms with van der Waals surface area (Å²) in [6.45, 7) is 5.73. The van der Waals surface area contributed by atoms with Gasteiger partial charge in [0.15, 0.2) is 0 Å². The average molecular weight is 407 g/mol. The number of ether oxygens (including phenoxy) is 2. The molecule has 0 bridgehead atoms. The van der Waals surface area contributed by atoms with Crippen LogP contribution in [0.15, 0.2) is 66.7 Å². The van der Waals surface area contributed by atoms with Crippen LogP contribution in [-0.2, 0) is 13.2 Å². The molecule has 0 aliphatic heterocycles. The van der Waals surface area contributed by atoms with Gasteiger partial charge < -0.3 is 14.0 Å². The van der Waals surface area contributed by atoms with Gasteiger partial charge in [-0.05, 0) is 55.3 Å². The van der Waals surface area contributed by atoms with Crippen LogP contribution in [0.25, 0.3) is 11.0 Å². The van der Waals surface area contributed by atoms with Crippen molar-refractivity contribution in [2.45, 2.75) is 27.0 Å². The van der Waals surface area contributed by atoms with Gasteiger partial charge in [-0.3, -0.25) is 0 Å². The Morgan fingerprint density at radius 1 is 0.862 bits per heavy atom. The molecule has 3 aromatic carbocycles. The van der Waals surface area contributed by atoms with E-state index in [0.717, 1.165) is 22.6 Å². The molecule has 4 nitrogen and oxygen atoms in total. The monoisotopic (exact) mass is 406 g/mol. The molecule has 0 amide bonds. The van der Waals surface area contributed by atoms with E-state index in [-0.39, 0.29) is 0 Å². The maximum Gasteiger partial charge on any atom is 0.148 e. The number of halogens is 1. The molecule has 0 aliphatic carbocycles. The number of aromatic nitrogens is 2. The van der Waals surface area contributed by atoms with Crippen LogP contribution in [0.5, 0.6) is 11.5 Å². The third-order valence-corrected chi connectivity index (χ3v) is 5.37. The zero-order valence-electron chi connectivity index (χ0n) is 16.6. The quantitative estimate of drug-likeness (QED) is 0.379. The molecule has 0 spiro atoms. The van der Waals surface area contributed by atoms with Gasteiger partial charge >= 0.3 is 0 Å². The Morgan fingerprint density at radius 3 is 2.48 bits per heavy atom. The van der Waals surface area contributed by atoms with Crippen LogP contribution < -0.4 is 9.47 Å². The zero-order valence-corrected chi connectivity index (χ0v) is 17.3. The van der Waals surface area contributed by atoms with Crippen LogP contribution in [-0.4, -0.2) is 16.2 Å². The fourth-order valence-corrected chi connectivity index (χ4v) is 3.51. The number of benzene rings is 3. The van der Waals surface area contributed by atoms with E-state index in [1.807, 2.05) is 54.6 Å². The van der Waals surface area contributed by atoms with Crippen LogP contribution in [0.1, 0.15) is 17.0 Å². The molecule has 0 aliphatic rings. The van der Waals surface area contributed by atoms with Crippen molar-refractivity contribution in [2.75, 3.05) is 6.61 Å². The number of hydrogen-bond acceptors (Lipinski definition) is 3. The molecule has 1 aromatic heterocycles.